The quantitative estimate of drug-likeness (QED) is 0.393. The van der Waals surface area contributed by atoms with Gasteiger partial charge in [0.1, 0.15) is 18.3 Å². The lowest BCUT2D eigenvalue weighted by molar-refractivity contribution is -0.153. The predicted molar refractivity (Wildman–Crippen MR) is 133 cm³/mol. The zero-order valence-corrected chi connectivity index (χ0v) is 20.8. The Morgan fingerprint density at radius 2 is 2.06 bits per heavy atom. The number of ether oxygens (including phenoxy) is 1. The van der Waals surface area contributed by atoms with E-state index < -0.39 is 34.1 Å². The van der Waals surface area contributed by atoms with Crippen molar-refractivity contribution in [3.05, 3.63) is 66.1 Å². The summed E-state index contributed by atoms with van der Waals surface area (Å²) in [6.07, 6.45) is 7.82. The molecule has 1 aliphatic carbocycles. The molecule has 1 saturated carbocycles. The van der Waals surface area contributed by atoms with E-state index in [1.807, 2.05) is 28.9 Å². The summed E-state index contributed by atoms with van der Waals surface area (Å²) in [5.41, 5.74) is 7.70. The van der Waals surface area contributed by atoms with Crippen LogP contribution in [0.25, 0.3) is 5.65 Å². The van der Waals surface area contributed by atoms with E-state index in [1.54, 1.807) is 31.3 Å². The van der Waals surface area contributed by atoms with E-state index >= 15 is 0 Å². The zero-order valence-electron chi connectivity index (χ0n) is 19.2. The van der Waals surface area contributed by atoms with Crippen LogP contribution in [-0.4, -0.2) is 52.8 Å². The first-order valence-electron chi connectivity index (χ1n) is 11.1. The standard InChI is InChI=1S/C24H28N4O4S2/c1-17-7-3-4-8-19(17)34(30,31)27(2)16-22(29)32-20-9-5-6-12-24(20,23(25)33)18-10-11-21-26-13-14-28(21)15-18/h3-4,7-8,10-11,13-15,20H,5-6,9,12,16H2,1-2H3,(H2,25,33). The van der Waals surface area contributed by atoms with Gasteiger partial charge in [0.2, 0.25) is 10.0 Å². The molecule has 0 aliphatic heterocycles. The van der Waals surface area contributed by atoms with Gasteiger partial charge in [0, 0.05) is 25.6 Å². The summed E-state index contributed by atoms with van der Waals surface area (Å²) in [7, 11) is -2.48. The highest BCUT2D eigenvalue weighted by Crippen LogP contribution is 2.42. The molecule has 4 rings (SSSR count). The van der Waals surface area contributed by atoms with Crippen molar-refractivity contribution in [2.45, 2.75) is 49.0 Å². The summed E-state index contributed by atoms with van der Waals surface area (Å²) in [6.45, 7) is 1.30. The Bertz CT molecular complexity index is 1340. The third-order valence-electron chi connectivity index (χ3n) is 6.59. The number of carbonyl (C=O) groups excluding carboxylic acids is 1. The smallest absolute Gasteiger partial charge is 0.321 e. The second kappa shape index (κ2) is 9.44. The first kappa shape index (κ1) is 24.3. The fraction of sp³-hybridized carbons (Fsp3) is 0.375. The molecule has 3 aromatic rings. The molecule has 2 heterocycles. The first-order valence-corrected chi connectivity index (χ1v) is 13.0. The van der Waals surface area contributed by atoms with Gasteiger partial charge in [0.25, 0.3) is 0 Å². The summed E-state index contributed by atoms with van der Waals surface area (Å²) < 4.78 is 34.8. The van der Waals surface area contributed by atoms with E-state index in [2.05, 4.69) is 4.98 Å². The molecule has 1 aliphatic rings. The average Bonchev–Trinajstić information content (AvgIpc) is 3.27. The number of aromatic nitrogens is 2. The minimum Gasteiger partial charge on any atom is -0.460 e. The molecule has 0 saturated heterocycles. The molecule has 34 heavy (non-hydrogen) atoms. The second-order valence-electron chi connectivity index (χ2n) is 8.70. The normalized spacial score (nSPS) is 21.0. The Labute approximate surface area is 204 Å². The van der Waals surface area contributed by atoms with Gasteiger partial charge in [-0.3, -0.25) is 4.79 Å². The van der Waals surface area contributed by atoms with Crippen LogP contribution in [0, 0.1) is 6.92 Å². The number of imidazole rings is 1. The van der Waals surface area contributed by atoms with E-state index in [0.717, 1.165) is 28.4 Å². The molecule has 1 fully saturated rings. The number of aryl methyl sites for hydroxylation is 1. The molecule has 10 heteroatoms. The average molecular weight is 501 g/mol. The highest BCUT2D eigenvalue weighted by Gasteiger charge is 2.47. The molecule has 2 atom stereocenters. The maximum Gasteiger partial charge on any atom is 0.321 e. The summed E-state index contributed by atoms with van der Waals surface area (Å²) in [6, 6.07) is 10.5. The number of rotatable bonds is 7. The Balaban J connectivity index is 1.59. The summed E-state index contributed by atoms with van der Waals surface area (Å²) in [4.78, 5) is 17.7. The van der Waals surface area contributed by atoms with Gasteiger partial charge in [-0.1, -0.05) is 42.9 Å². The first-order chi connectivity index (χ1) is 16.2. The molecular formula is C24H28N4O4S2. The molecule has 0 spiro atoms. The van der Waals surface area contributed by atoms with Crippen LogP contribution in [0.5, 0.6) is 0 Å². The van der Waals surface area contributed by atoms with Crippen LogP contribution in [0.1, 0.15) is 36.8 Å². The molecule has 2 aromatic heterocycles. The van der Waals surface area contributed by atoms with Crippen molar-refractivity contribution in [1.82, 2.24) is 13.7 Å². The highest BCUT2D eigenvalue weighted by atomic mass is 32.2. The maximum atomic E-state index is 13.0. The lowest BCUT2D eigenvalue weighted by Crippen LogP contribution is -2.53. The number of pyridine rings is 1. The van der Waals surface area contributed by atoms with Crippen LogP contribution in [-0.2, 0) is 25.0 Å². The predicted octanol–water partition coefficient (Wildman–Crippen LogP) is 2.97. The van der Waals surface area contributed by atoms with Crippen molar-refractivity contribution >= 4 is 38.8 Å². The summed E-state index contributed by atoms with van der Waals surface area (Å²) in [5, 5.41) is 0. The number of fused-ring (bicyclic) bond motifs is 1. The fourth-order valence-corrected chi connectivity index (χ4v) is 6.40. The lowest BCUT2D eigenvalue weighted by Gasteiger charge is -2.43. The van der Waals surface area contributed by atoms with Crippen molar-refractivity contribution in [1.29, 1.82) is 0 Å². The van der Waals surface area contributed by atoms with Gasteiger partial charge in [-0.25, -0.2) is 13.4 Å². The number of sulfonamides is 1. The van der Waals surface area contributed by atoms with Crippen LogP contribution in [0.2, 0.25) is 0 Å². The lowest BCUT2D eigenvalue weighted by atomic mass is 9.67. The Kier molecular flexibility index (Phi) is 6.75. The number of nitrogens with zero attached hydrogens (tertiary/aromatic N) is 3. The van der Waals surface area contributed by atoms with E-state index in [-0.39, 0.29) is 9.88 Å². The van der Waals surface area contributed by atoms with Crippen LogP contribution >= 0.6 is 12.2 Å². The topological polar surface area (TPSA) is 107 Å². The number of likely N-dealkylation sites (N-methyl/N-ethyl adjacent to an activating group) is 1. The largest absolute Gasteiger partial charge is 0.460 e. The molecule has 2 unspecified atom stereocenters. The van der Waals surface area contributed by atoms with Gasteiger partial charge >= 0.3 is 5.97 Å². The van der Waals surface area contributed by atoms with Gasteiger partial charge in [-0.15, -0.1) is 0 Å². The van der Waals surface area contributed by atoms with Crippen molar-refractivity contribution in [3.8, 4) is 0 Å². The van der Waals surface area contributed by atoms with Crippen molar-refractivity contribution < 1.29 is 17.9 Å². The van der Waals surface area contributed by atoms with Crippen molar-refractivity contribution in [3.63, 3.8) is 0 Å². The van der Waals surface area contributed by atoms with Gasteiger partial charge in [-0.05, 0) is 49.4 Å². The molecule has 8 nitrogen and oxygen atoms in total. The van der Waals surface area contributed by atoms with E-state index in [4.69, 9.17) is 22.7 Å². The molecular weight excluding hydrogens is 472 g/mol. The van der Waals surface area contributed by atoms with Gasteiger partial charge in [0.15, 0.2) is 0 Å². The Hall–Kier alpha value is -2.82. The highest BCUT2D eigenvalue weighted by molar-refractivity contribution is 7.89. The van der Waals surface area contributed by atoms with Crippen molar-refractivity contribution in [2.24, 2.45) is 5.73 Å². The molecule has 0 radical (unpaired) electrons. The monoisotopic (exact) mass is 500 g/mol. The summed E-state index contributed by atoms with van der Waals surface area (Å²) >= 11 is 5.52. The zero-order chi connectivity index (χ0) is 24.5. The third kappa shape index (κ3) is 4.33. The SMILES string of the molecule is Cc1ccccc1S(=O)(=O)N(C)CC(=O)OC1CCCCC1(C(N)=S)c1ccc2nccn2c1. The third-order valence-corrected chi connectivity index (χ3v) is 8.92. The number of hydrogen-bond acceptors (Lipinski definition) is 6. The molecule has 2 N–H and O–H groups in total. The van der Waals surface area contributed by atoms with Gasteiger partial charge in [0.05, 0.1) is 15.3 Å². The number of hydrogen-bond donors (Lipinski definition) is 1. The van der Waals surface area contributed by atoms with Crippen LogP contribution < -0.4 is 5.73 Å². The minimum absolute atomic E-state index is 0.161. The van der Waals surface area contributed by atoms with Crippen molar-refractivity contribution in [2.75, 3.05) is 13.6 Å². The van der Waals surface area contributed by atoms with E-state index in [0.29, 0.717) is 18.4 Å². The van der Waals surface area contributed by atoms with Crippen LogP contribution in [0.15, 0.2) is 59.9 Å². The molecule has 0 bridgehead atoms. The summed E-state index contributed by atoms with van der Waals surface area (Å²) in [5.74, 6) is -0.643. The Morgan fingerprint density at radius 1 is 1.29 bits per heavy atom. The number of carbonyl (C=O) groups is 1. The molecule has 1 aromatic carbocycles. The second-order valence-corrected chi connectivity index (χ2v) is 11.2. The van der Waals surface area contributed by atoms with Crippen LogP contribution in [0.3, 0.4) is 0 Å². The maximum absolute atomic E-state index is 13.0. The molecule has 180 valence electrons. The van der Waals surface area contributed by atoms with Crippen LogP contribution in [0.4, 0.5) is 0 Å². The number of benzene rings is 1. The number of nitrogens with two attached hydrogens (primary N) is 1. The van der Waals surface area contributed by atoms with E-state index in [9.17, 15) is 13.2 Å². The number of thiocarbonyl (C=S) groups is 1. The van der Waals surface area contributed by atoms with Gasteiger partial charge < -0.3 is 14.9 Å². The number of esters is 1. The van der Waals surface area contributed by atoms with Gasteiger partial charge in [-0.2, -0.15) is 4.31 Å². The Morgan fingerprint density at radius 3 is 2.79 bits per heavy atom. The van der Waals surface area contributed by atoms with E-state index in [1.165, 1.54) is 13.1 Å². The fourth-order valence-electron chi connectivity index (χ4n) is 4.72. The molecule has 0 amide bonds. The minimum atomic E-state index is -3.85.